The van der Waals surface area contributed by atoms with Crippen molar-refractivity contribution in [2.45, 2.75) is 45.6 Å². The van der Waals surface area contributed by atoms with Gasteiger partial charge >= 0.3 is 0 Å². The number of ether oxygens (including phenoxy) is 1. The van der Waals surface area contributed by atoms with Gasteiger partial charge in [-0.1, -0.05) is 25.0 Å². The molecular weight excluding hydrogens is 439 g/mol. The van der Waals surface area contributed by atoms with Gasteiger partial charge < -0.3 is 20.3 Å². The third-order valence-corrected chi connectivity index (χ3v) is 4.79. The average Bonchev–Trinajstić information content (AvgIpc) is 2.90. The van der Waals surface area contributed by atoms with Crippen LogP contribution >= 0.6 is 24.0 Å². The van der Waals surface area contributed by atoms with E-state index in [-0.39, 0.29) is 24.0 Å². The summed E-state index contributed by atoms with van der Waals surface area (Å²) in [6.45, 7) is 7.50. The standard InChI is InChI=1S/C20H34N4O.HI/c1-17-15-18(9-10-19(17)25-3)16-23-20(21-2)22-11-8-14-24-12-6-4-5-7-13-24;/h9-10,15H,4-8,11-14,16H2,1-3H3,(H2,21,22,23);1H. The minimum Gasteiger partial charge on any atom is -0.496 e. The van der Waals surface area contributed by atoms with Gasteiger partial charge in [0.15, 0.2) is 5.96 Å². The second-order valence-corrected chi connectivity index (χ2v) is 6.77. The Balaban J connectivity index is 0.00000338. The summed E-state index contributed by atoms with van der Waals surface area (Å²) in [4.78, 5) is 6.92. The molecule has 1 heterocycles. The molecule has 1 saturated heterocycles. The van der Waals surface area contributed by atoms with Crippen LogP contribution in [0, 0.1) is 6.92 Å². The van der Waals surface area contributed by atoms with Crippen molar-refractivity contribution >= 4 is 29.9 Å². The summed E-state index contributed by atoms with van der Waals surface area (Å²) in [6.07, 6.45) is 6.67. The molecular formula is C20H35IN4O. The van der Waals surface area contributed by atoms with Crippen LogP contribution in [0.15, 0.2) is 23.2 Å². The number of methoxy groups -OCH3 is 1. The molecule has 0 saturated carbocycles. The number of nitrogens with zero attached hydrogens (tertiary/aromatic N) is 2. The highest BCUT2D eigenvalue weighted by Gasteiger charge is 2.08. The van der Waals surface area contributed by atoms with Crippen LogP contribution < -0.4 is 15.4 Å². The van der Waals surface area contributed by atoms with Gasteiger partial charge in [0.2, 0.25) is 0 Å². The second kappa shape index (κ2) is 13.2. The maximum atomic E-state index is 5.31. The molecule has 1 fully saturated rings. The van der Waals surface area contributed by atoms with Gasteiger partial charge in [0.05, 0.1) is 7.11 Å². The van der Waals surface area contributed by atoms with Gasteiger partial charge in [0, 0.05) is 20.1 Å². The first-order valence-corrected chi connectivity index (χ1v) is 9.53. The summed E-state index contributed by atoms with van der Waals surface area (Å²) in [7, 11) is 3.53. The molecule has 0 radical (unpaired) electrons. The molecule has 2 N–H and O–H groups in total. The predicted molar refractivity (Wildman–Crippen MR) is 121 cm³/mol. The molecule has 1 aromatic carbocycles. The van der Waals surface area contributed by atoms with Gasteiger partial charge in [-0.05, 0) is 63.0 Å². The van der Waals surface area contributed by atoms with E-state index in [0.29, 0.717) is 0 Å². The summed E-state index contributed by atoms with van der Waals surface area (Å²) in [5, 5.41) is 6.80. The lowest BCUT2D eigenvalue weighted by atomic mass is 10.1. The Kier molecular flexibility index (Phi) is 11.7. The Bertz CT molecular complexity index is 543. The van der Waals surface area contributed by atoms with E-state index in [1.54, 1.807) is 7.11 Å². The number of aliphatic imine (C=N–C) groups is 1. The maximum Gasteiger partial charge on any atom is 0.191 e. The van der Waals surface area contributed by atoms with E-state index in [0.717, 1.165) is 36.8 Å². The highest BCUT2D eigenvalue weighted by molar-refractivity contribution is 14.0. The molecule has 0 aliphatic carbocycles. The van der Waals surface area contributed by atoms with E-state index in [4.69, 9.17) is 4.74 Å². The van der Waals surface area contributed by atoms with Gasteiger partial charge in [-0.2, -0.15) is 0 Å². The molecule has 26 heavy (non-hydrogen) atoms. The molecule has 0 atom stereocenters. The number of guanidine groups is 1. The zero-order valence-electron chi connectivity index (χ0n) is 16.5. The molecule has 0 spiro atoms. The Hall–Kier alpha value is -1.02. The fourth-order valence-corrected chi connectivity index (χ4v) is 3.33. The van der Waals surface area contributed by atoms with Crippen molar-refractivity contribution < 1.29 is 4.74 Å². The van der Waals surface area contributed by atoms with Gasteiger partial charge in [-0.15, -0.1) is 24.0 Å². The van der Waals surface area contributed by atoms with E-state index >= 15 is 0 Å². The van der Waals surface area contributed by atoms with E-state index < -0.39 is 0 Å². The van der Waals surface area contributed by atoms with E-state index in [9.17, 15) is 0 Å². The molecule has 2 rings (SSSR count). The lowest BCUT2D eigenvalue weighted by molar-refractivity contribution is 0.282. The average molecular weight is 474 g/mol. The van der Waals surface area contributed by atoms with Crippen LogP contribution in [0.2, 0.25) is 0 Å². The second-order valence-electron chi connectivity index (χ2n) is 6.77. The highest BCUT2D eigenvalue weighted by Crippen LogP contribution is 2.18. The number of halogens is 1. The summed E-state index contributed by atoms with van der Waals surface area (Å²) in [6, 6.07) is 6.26. The fourth-order valence-electron chi connectivity index (χ4n) is 3.33. The highest BCUT2D eigenvalue weighted by atomic mass is 127. The van der Waals surface area contributed by atoms with E-state index in [1.165, 1.54) is 50.9 Å². The molecule has 1 aromatic rings. The van der Waals surface area contributed by atoms with Crippen molar-refractivity contribution in [1.82, 2.24) is 15.5 Å². The number of hydrogen-bond donors (Lipinski definition) is 2. The zero-order chi connectivity index (χ0) is 17.9. The summed E-state index contributed by atoms with van der Waals surface area (Å²) >= 11 is 0. The van der Waals surface area contributed by atoms with Crippen LogP contribution in [-0.4, -0.2) is 51.2 Å². The van der Waals surface area contributed by atoms with Crippen molar-refractivity contribution in [1.29, 1.82) is 0 Å². The smallest absolute Gasteiger partial charge is 0.191 e. The molecule has 1 aliphatic rings. The van der Waals surface area contributed by atoms with Crippen LogP contribution in [0.4, 0.5) is 0 Å². The lowest BCUT2D eigenvalue weighted by Gasteiger charge is -2.20. The van der Waals surface area contributed by atoms with Crippen LogP contribution in [-0.2, 0) is 6.54 Å². The summed E-state index contributed by atoms with van der Waals surface area (Å²) in [5.41, 5.74) is 2.38. The Labute approximate surface area is 176 Å². The Morgan fingerprint density at radius 2 is 1.88 bits per heavy atom. The molecule has 0 aromatic heterocycles. The first-order valence-electron chi connectivity index (χ1n) is 9.53. The van der Waals surface area contributed by atoms with Gasteiger partial charge in [-0.3, -0.25) is 4.99 Å². The Morgan fingerprint density at radius 1 is 1.15 bits per heavy atom. The quantitative estimate of drug-likeness (QED) is 0.275. The molecule has 0 amide bonds. The molecule has 0 bridgehead atoms. The maximum absolute atomic E-state index is 5.31. The zero-order valence-corrected chi connectivity index (χ0v) is 18.8. The summed E-state index contributed by atoms with van der Waals surface area (Å²) in [5.74, 6) is 1.80. The van der Waals surface area contributed by atoms with Crippen LogP contribution in [0.5, 0.6) is 5.75 Å². The number of aryl methyl sites for hydroxylation is 1. The third-order valence-electron chi connectivity index (χ3n) is 4.79. The van der Waals surface area contributed by atoms with Crippen molar-refractivity contribution in [3.63, 3.8) is 0 Å². The fraction of sp³-hybridized carbons (Fsp3) is 0.650. The molecule has 0 unspecified atom stereocenters. The number of benzene rings is 1. The molecule has 1 aliphatic heterocycles. The Morgan fingerprint density at radius 3 is 2.50 bits per heavy atom. The lowest BCUT2D eigenvalue weighted by Crippen LogP contribution is -2.38. The van der Waals surface area contributed by atoms with Gasteiger partial charge in [0.1, 0.15) is 5.75 Å². The molecule has 148 valence electrons. The van der Waals surface area contributed by atoms with Crippen molar-refractivity contribution in [2.24, 2.45) is 4.99 Å². The minimum atomic E-state index is 0. The van der Waals surface area contributed by atoms with Crippen LogP contribution in [0.3, 0.4) is 0 Å². The van der Waals surface area contributed by atoms with Crippen LogP contribution in [0.1, 0.15) is 43.2 Å². The first-order chi connectivity index (χ1) is 12.2. The SMILES string of the molecule is CN=C(NCCCN1CCCCCC1)NCc1ccc(OC)c(C)c1.I. The topological polar surface area (TPSA) is 48.9 Å². The van der Waals surface area contributed by atoms with Crippen molar-refractivity contribution in [3.8, 4) is 5.75 Å². The number of nitrogens with one attached hydrogen (secondary N) is 2. The summed E-state index contributed by atoms with van der Waals surface area (Å²) < 4.78 is 5.31. The monoisotopic (exact) mass is 474 g/mol. The number of likely N-dealkylation sites (tertiary alicyclic amines) is 1. The normalized spacial score (nSPS) is 15.7. The van der Waals surface area contributed by atoms with Crippen molar-refractivity contribution in [2.75, 3.05) is 40.3 Å². The first kappa shape index (κ1) is 23.0. The molecule has 6 heteroatoms. The molecule has 5 nitrogen and oxygen atoms in total. The van der Waals surface area contributed by atoms with Crippen LogP contribution in [0.25, 0.3) is 0 Å². The van der Waals surface area contributed by atoms with E-state index in [2.05, 4.69) is 39.6 Å². The van der Waals surface area contributed by atoms with Gasteiger partial charge in [-0.25, -0.2) is 0 Å². The van der Waals surface area contributed by atoms with Gasteiger partial charge in [0.25, 0.3) is 0 Å². The predicted octanol–water partition coefficient (Wildman–Crippen LogP) is 3.55. The van der Waals surface area contributed by atoms with Crippen molar-refractivity contribution in [3.05, 3.63) is 29.3 Å². The number of rotatable bonds is 7. The largest absolute Gasteiger partial charge is 0.496 e. The third kappa shape index (κ3) is 8.12. The van der Waals surface area contributed by atoms with E-state index in [1.807, 2.05) is 13.1 Å². The minimum absolute atomic E-state index is 0. The number of hydrogen-bond acceptors (Lipinski definition) is 3.